The van der Waals surface area contributed by atoms with Crippen LogP contribution in [0.1, 0.15) is 25.3 Å². The summed E-state index contributed by atoms with van der Waals surface area (Å²) in [5.41, 5.74) is 1.08. The molecule has 118 valence electrons. The van der Waals surface area contributed by atoms with E-state index in [1.54, 1.807) is 12.1 Å². The van der Waals surface area contributed by atoms with Crippen molar-refractivity contribution in [2.45, 2.75) is 39.0 Å². The normalized spacial score (nSPS) is 18.9. The Bertz CT molecular complexity index is 417. The number of likely N-dealkylation sites (tertiary alicyclic amines) is 1. The van der Waals surface area contributed by atoms with Crippen LogP contribution in [0.4, 0.5) is 8.78 Å². The smallest absolute Gasteiger partial charge is 0.387 e. The number of ether oxygens (including phenoxy) is 1. The number of nitrogens with zero attached hydrogens (tertiary/aromatic N) is 1. The molecule has 0 saturated carbocycles. The van der Waals surface area contributed by atoms with Gasteiger partial charge in [-0.1, -0.05) is 12.1 Å². The average molecular weight is 298 g/mol. The predicted molar refractivity (Wildman–Crippen MR) is 79.6 cm³/mol. The number of benzene rings is 1. The lowest BCUT2D eigenvalue weighted by Gasteiger charge is -2.33. The van der Waals surface area contributed by atoms with Crippen molar-refractivity contribution in [3.8, 4) is 5.75 Å². The second-order valence-electron chi connectivity index (χ2n) is 5.83. The second kappa shape index (κ2) is 7.71. The maximum absolute atomic E-state index is 12.1. The van der Waals surface area contributed by atoms with Gasteiger partial charge in [0.05, 0.1) is 0 Å². The highest BCUT2D eigenvalue weighted by Gasteiger charge is 2.21. The first-order chi connectivity index (χ1) is 10.0. The SMILES string of the molecule is CC(NCc1ccc(OC(F)F)cc1)C1CCN(C)CC1. The zero-order chi connectivity index (χ0) is 15.2. The Balaban J connectivity index is 1.77. The monoisotopic (exact) mass is 298 g/mol. The largest absolute Gasteiger partial charge is 0.435 e. The fraction of sp³-hybridized carbons (Fsp3) is 0.625. The van der Waals surface area contributed by atoms with E-state index in [-0.39, 0.29) is 5.75 Å². The maximum Gasteiger partial charge on any atom is 0.387 e. The van der Waals surface area contributed by atoms with Crippen molar-refractivity contribution >= 4 is 0 Å². The molecule has 0 radical (unpaired) electrons. The number of nitrogens with one attached hydrogen (secondary N) is 1. The zero-order valence-electron chi connectivity index (χ0n) is 12.7. The van der Waals surface area contributed by atoms with Crippen LogP contribution in [0, 0.1) is 5.92 Å². The van der Waals surface area contributed by atoms with Gasteiger partial charge >= 0.3 is 6.61 Å². The third-order valence-corrected chi connectivity index (χ3v) is 4.25. The van der Waals surface area contributed by atoms with Gasteiger partial charge in [-0.05, 0) is 63.5 Å². The van der Waals surface area contributed by atoms with Gasteiger partial charge in [0.25, 0.3) is 0 Å². The van der Waals surface area contributed by atoms with E-state index in [4.69, 9.17) is 0 Å². The summed E-state index contributed by atoms with van der Waals surface area (Å²) in [4.78, 5) is 2.37. The van der Waals surface area contributed by atoms with E-state index in [2.05, 4.69) is 28.9 Å². The van der Waals surface area contributed by atoms with Crippen LogP contribution in [0.3, 0.4) is 0 Å². The Morgan fingerprint density at radius 1 is 1.24 bits per heavy atom. The minimum atomic E-state index is -2.77. The number of hydrogen-bond acceptors (Lipinski definition) is 3. The standard InChI is InChI=1S/C16H24F2N2O/c1-12(14-7-9-20(2)10-8-14)19-11-13-3-5-15(6-4-13)21-16(17)18/h3-6,12,14,16,19H,7-11H2,1-2H3. The van der Waals surface area contributed by atoms with Crippen molar-refractivity contribution in [1.29, 1.82) is 0 Å². The van der Waals surface area contributed by atoms with Crippen molar-refractivity contribution in [2.75, 3.05) is 20.1 Å². The fourth-order valence-electron chi connectivity index (χ4n) is 2.76. The van der Waals surface area contributed by atoms with Crippen LogP contribution >= 0.6 is 0 Å². The van der Waals surface area contributed by atoms with E-state index in [0.29, 0.717) is 12.0 Å². The topological polar surface area (TPSA) is 24.5 Å². The van der Waals surface area contributed by atoms with Crippen molar-refractivity contribution in [3.63, 3.8) is 0 Å². The molecule has 5 heteroatoms. The number of piperidine rings is 1. The number of halogens is 2. The number of alkyl halides is 2. The molecule has 1 atom stereocenters. The molecule has 0 spiro atoms. The summed E-state index contributed by atoms with van der Waals surface area (Å²) < 4.78 is 28.5. The van der Waals surface area contributed by atoms with Gasteiger partial charge in [0.15, 0.2) is 0 Å². The molecule has 0 aliphatic carbocycles. The first-order valence-electron chi connectivity index (χ1n) is 7.50. The van der Waals surface area contributed by atoms with E-state index < -0.39 is 6.61 Å². The Morgan fingerprint density at radius 2 is 1.86 bits per heavy atom. The van der Waals surface area contributed by atoms with Gasteiger partial charge in [0, 0.05) is 12.6 Å². The van der Waals surface area contributed by atoms with Crippen molar-refractivity contribution in [3.05, 3.63) is 29.8 Å². The Hall–Kier alpha value is -1.20. The molecule has 1 saturated heterocycles. The predicted octanol–water partition coefficient (Wildman–Crippen LogP) is 3.11. The fourth-order valence-corrected chi connectivity index (χ4v) is 2.76. The van der Waals surface area contributed by atoms with E-state index in [1.807, 2.05) is 12.1 Å². The Morgan fingerprint density at radius 3 is 2.43 bits per heavy atom. The number of rotatable bonds is 6. The molecule has 1 N–H and O–H groups in total. The quantitative estimate of drug-likeness (QED) is 0.873. The minimum absolute atomic E-state index is 0.206. The minimum Gasteiger partial charge on any atom is -0.435 e. The van der Waals surface area contributed by atoms with Crippen LogP contribution in [0.15, 0.2) is 24.3 Å². The lowest BCUT2D eigenvalue weighted by Crippen LogP contribution is -2.40. The molecule has 2 rings (SSSR count). The lowest BCUT2D eigenvalue weighted by molar-refractivity contribution is -0.0498. The highest BCUT2D eigenvalue weighted by molar-refractivity contribution is 5.27. The van der Waals surface area contributed by atoms with Gasteiger partial charge in [-0.2, -0.15) is 8.78 Å². The molecule has 1 aliphatic heterocycles. The molecule has 0 aromatic heterocycles. The molecule has 0 bridgehead atoms. The molecule has 1 unspecified atom stereocenters. The average Bonchev–Trinajstić information content (AvgIpc) is 2.46. The molecule has 0 amide bonds. The van der Waals surface area contributed by atoms with E-state index in [9.17, 15) is 8.78 Å². The van der Waals surface area contributed by atoms with Crippen LogP contribution in [0.5, 0.6) is 5.75 Å². The molecule has 1 aromatic carbocycles. The van der Waals surface area contributed by atoms with Crippen LogP contribution in [0.2, 0.25) is 0 Å². The molecule has 21 heavy (non-hydrogen) atoms. The van der Waals surface area contributed by atoms with Gasteiger partial charge < -0.3 is 15.0 Å². The molecule has 1 aromatic rings. The van der Waals surface area contributed by atoms with Crippen LogP contribution in [0.25, 0.3) is 0 Å². The summed E-state index contributed by atoms with van der Waals surface area (Å²) in [6.07, 6.45) is 2.46. The lowest BCUT2D eigenvalue weighted by atomic mass is 9.90. The number of hydrogen-bond donors (Lipinski definition) is 1. The van der Waals surface area contributed by atoms with Gasteiger partial charge in [-0.25, -0.2) is 0 Å². The van der Waals surface area contributed by atoms with Crippen LogP contribution in [-0.4, -0.2) is 37.7 Å². The summed E-state index contributed by atoms with van der Waals surface area (Å²) in [7, 11) is 2.16. The van der Waals surface area contributed by atoms with E-state index in [1.165, 1.54) is 12.8 Å². The van der Waals surface area contributed by atoms with E-state index in [0.717, 1.165) is 25.2 Å². The summed E-state index contributed by atoms with van der Waals surface area (Å²) in [6, 6.07) is 7.29. The second-order valence-corrected chi connectivity index (χ2v) is 5.83. The zero-order valence-corrected chi connectivity index (χ0v) is 12.7. The molecule has 1 heterocycles. The van der Waals surface area contributed by atoms with Crippen LogP contribution in [-0.2, 0) is 6.54 Å². The highest BCUT2D eigenvalue weighted by atomic mass is 19.3. The third-order valence-electron chi connectivity index (χ3n) is 4.25. The molecular weight excluding hydrogens is 274 g/mol. The Kier molecular flexibility index (Phi) is 5.94. The highest BCUT2D eigenvalue weighted by Crippen LogP contribution is 2.20. The first-order valence-corrected chi connectivity index (χ1v) is 7.50. The molecule has 1 aliphatic rings. The summed E-state index contributed by atoms with van der Waals surface area (Å²) in [6.45, 7) is 2.54. The maximum atomic E-state index is 12.1. The Labute approximate surface area is 125 Å². The van der Waals surface area contributed by atoms with Gasteiger partial charge in [-0.3, -0.25) is 0 Å². The first kappa shape index (κ1) is 16.2. The summed E-state index contributed by atoms with van der Waals surface area (Å²) in [5.74, 6) is 0.916. The van der Waals surface area contributed by atoms with Gasteiger partial charge in [0.2, 0.25) is 0 Å². The molecular formula is C16H24F2N2O. The molecule has 1 fully saturated rings. The summed E-state index contributed by atoms with van der Waals surface area (Å²) in [5, 5.41) is 3.54. The van der Waals surface area contributed by atoms with Crippen molar-refractivity contribution in [1.82, 2.24) is 10.2 Å². The van der Waals surface area contributed by atoms with Crippen LogP contribution < -0.4 is 10.1 Å². The van der Waals surface area contributed by atoms with E-state index >= 15 is 0 Å². The summed E-state index contributed by atoms with van der Waals surface area (Å²) >= 11 is 0. The molecule has 3 nitrogen and oxygen atoms in total. The van der Waals surface area contributed by atoms with Crippen molar-refractivity contribution < 1.29 is 13.5 Å². The van der Waals surface area contributed by atoms with Gasteiger partial charge in [0.1, 0.15) is 5.75 Å². The van der Waals surface area contributed by atoms with Crippen molar-refractivity contribution in [2.24, 2.45) is 5.92 Å². The third kappa shape index (κ3) is 5.25. The van der Waals surface area contributed by atoms with Gasteiger partial charge in [-0.15, -0.1) is 0 Å².